The minimum absolute atomic E-state index is 0.0347. The predicted octanol–water partition coefficient (Wildman–Crippen LogP) is 4.29. The topological polar surface area (TPSA) is 0 Å². The van der Waals surface area contributed by atoms with Gasteiger partial charge in [0.05, 0.1) is 11.1 Å². The van der Waals surface area contributed by atoms with Crippen LogP contribution in [0.15, 0.2) is 18.2 Å². The van der Waals surface area contributed by atoms with Crippen LogP contribution in [-0.4, -0.2) is 0 Å². The Bertz CT molecular complexity index is 374. The zero-order chi connectivity index (χ0) is 12.6. The lowest BCUT2D eigenvalue weighted by Crippen LogP contribution is -2.13. The smallest absolute Gasteiger partial charge is 0.166 e. The van der Waals surface area contributed by atoms with Crippen molar-refractivity contribution in [3.05, 3.63) is 34.9 Å². The molecule has 0 fully saturated rings. The second kappa shape index (κ2) is 3.99. The van der Waals surface area contributed by atoms with E-state index in [4.69, 9.17) is 0 Å². The molecule has 0 heterocycles. The average Bonchev–Trinajstić information content (AvgIpc) is 2.14. The van der Waals surface area contributed by atoms with Gasteiger partial charge in [-0.2, -0.15) is 26.3 Å². The molecule has 0 radical (unpaired) electrons. The highest BCUT2D eigenvalue weighted by molar-refractivity contribution is 5.35. The summed E-state index contributed by atoms with van der Waals surface area (Å²) in [7, 11) is 0. The number of benzene rings is 1. The van der Waals surface area contributed by atoms with Crippen molar-refractivity contribution in [2.45, 2.75) is 25.7 Å². The van der Waals surface area contributed by atoms with Crippen molar-refractivity contribution in [3.8, 4) is 0 Å². The molecule has 1 aromatic rings. The van der Waals surface area contributed by atoms with Crippen molar-refractivity contribution in [2.75, 3.05) is 0 Å². The highest BCUT2D eigenvalue weighted by Gasteiger charge is 2.37. The summed E-state index contributed by atoms with van der Waals surface area (Å²) in [4.78, 5) is 0. The summed E-state index contributed by atoms with van der Waals surface area (Å²) in [5, 5.41) is 0. The van der Waals surface area contributed by atoms with Gasteiger partial charge in [-0.05, 0) is 24.1 Å². The molecule has 0 aromatic heterocycles. The summed E-state index contributed by atoms with van der Waals surface area (Å²) < 4.78 is 74.0. The molecule has 0 saturated heterocycles. The van der Waals surface area contributed by atoms with E-state index in [1.165, 1.54) is 6.92 Å². The molecule has 0 unspecified atom stereocenters. The Morgan fingerprint density at radius 2 is 1.50 bits per heavy atom. The first-order valence-electron chi connectivity index (χ1n) is 4.43. The largest absolute Gasteiger partial charge is 0.416 e. The fourth-order valence-corrected chi connectivity index (χ4v) is 1.32. The number of hydrogen-bond acceptors (Lipinski definition) is 0. The van der Waals surface area contributed by atoms with E-state index < -0.39 is 23.5 Å². The van der Waals surface area contributed by atoms with Crippen LogP contribution >= 0.6 is 0 Å². The second-order valence-electron chi connectivity index (χ2n) is 3.22. The molecule has 0 atom stereocenters. The molecule has 6 heteroatoms. The molecule has 1 rings (SSSR count). The molecule has 0 nitrogen and oxygen atoms in total. The van der Waals surface area contributed by atoms with E-state index in [2.05, 4.69) is 0 Å². The normalized spacial score (nSPS) is 12.9. The highest BCUT2D eigenvalue weighted by atomic mass is 19.4. The Morgan fingerprint density at radius 3 is 1.88 bits per heavy atom. The van der Waals surface area contributed by atoms with Crippen molar-refractivity contribution < 1.29 is 26.3 Å². The molecule has 0 saturated carbocycles. The molecule has 1 aromatic carbocycles. The minimum atomic E-state index is -4.76. The van der Waals surface area contributed by atoms with Gasteiger partial charge in [0.2, 0.25) is 0 Å². The highest BCUT2D eigenvalue weighted by Crippen LogP contribution is 2.37. The van der Waals surface area contributed by atoms with Crippen molar-refractivity contribution >= 4 is 0 Å². The SMILES string of the molecule is CCc1ccc(C(F)(F)F)cc1C(F)(F)F. The van der Waals surface area contributed by atoms with E-state index in [-0.39, 0.29) is 18.1 Å². The van der Waals surface area contributed by atoms with Gasteiger partial charge < -0.3 is 0 Å². The third-order valence-electron chi connectivity index (χ3n) is 2.12. The first kappa shape index (κ1) is 12.9. The Kier molecular flexibility index (Phi) is 3.21. The van der Waals surface area contributed by atoms with Gasteiger partial charge in [0.15, 0.2) is 0 Å². The van der Waals surface area contributed by atoms with Crippen LogP contribution in [-0.2, 0) is 18.8 Å². The lowest BCUT2D eigenvalue weighted by Gasteiger charge is -2.14. The maximum Gasteiger partial charge on any atom is 0.416 e. The monoisotopic (exact) mass is 242 g/mol. The zero-order valence-electron chi connectivity index (χ0n) is 8.21. The van der Waals surface area contributed by atoms with Crippen LogP contribution in [0.1, 0.15) is 23.6 Å². The van der Waals surface area contributed by atoms with Gasteiger partial charge in [-0.1, -0.05) is 13.0 Å². The minimum Gasteiger partial charge on any atom is -0.166 e. The number of halogens is 6. The molecule has 0 amide bonds. The molecule has 0 N–H and O–H groups in total. The van der Waals surface area contributed by atoms with Crippen molar-refractivity contribution in [1.29, 1.82) is 0 Å². The number of alkyl halides is 6. The van der Waals surface area contributed by atoms with E-state index in [9.17, 15) is 26.3 Å². The molecular formula is C10H8F6. The maximum absolute atomic E-state index is 12.4. The number of rotatable bonds is 1. The summed E-state index contributed by atoms with van der Waals surface area (Å²) in [5.74, 6) is 0. The van der Waals surface area contributed by atoms with Crippen molar-refractivity contribution in [2.24, 2.45) is 0 Å². The molecule has 0 aliphatic carbocycles. The number of aryl methyl sites for hydroxylation is 1. The third-order valence-corrected chi connectivity index (χ3v) is 2.12. The lowest BCUT2D eigenvalue weighted by atomic mass is 10.0. The van der Waals surface area contributed by atoms with Crippen molar-refractivity contribution in [1.82, 2.24) is 0 Å². The summed E-state index contributed by atoms with van der Waals surface area (Å²) >= 11 is 0. The van der Waals surface area contributed by atoms with Crippen molar-refractivity contribution in [3.63, 3.8) is 0 Å². The van der Waals surface area contributed by atoms with Crippen LogP contribution in [0.5, 0.6) is 0 Å². The van der Waals surface area contributed by atoms with Crippen LogP contribution in [0, 0.1) is 0 Å². The molecule has 0 aliphatic heterocycles. The van der Waals surface area contributed by atoms with Gasteiger partial charge >= 0.3 is 12.4 Å². The van der Waals surface area contributed by atoms with Crippen LogP contribution in [0.3, 0.4) is 0 Å². The van der Waals surface area contributed by atoms with E-state index >= 15 is 0 Å². The van der Waals surface area contributed by atoms with Crippen LogP contribution in [0.25, 0.3) is 0 Å². The van der Waals surface area contributed by atoms with E-state index in [1.807, 2.05) is 0 Å². The summed E-state index contributed by atoms with van der Waals surface area (Å²) in [6.45, 7) is 1.46. The third kappa shape index (κ3) is 2.68. The summed E-state index contributed by atoms with van der Waals surface area (Å²) in [5.41, 5.74) is -2.64. The summed E-state index contributed by atoms with van der Waals surface area (Å²) in [6, 6.07) is 1.68. The van der Waals surface area contributed by atoms with Gasteiger partial charge in [0, 0.05) is 0 Å². The fourth-order valence-electron chi connectivity index (χ4n) is 1.32. The Balaban J connectivity index is 3.34. The standard InChI is InChI=1S/C10H8F6/c1-2-6-3-4-7(9(11,12)13)5-8(6)10(14,15)16/h3-5H,2H2,1H3. The van der Waals surface area contributed by atoms with E-state index in [1.54, 1.807) is 0 Å². The molecule has 16 heavy (non-hydrogen) atoms. The zero-order valence-corrected chi connectivity index (χ0v) is 8.21. The Labute approximate surface area is 87.9 Å². The number of hydrogen-bond donors (Lipinski definition) is 0. The van der Waals surface area contributed by atoms with Gasteiger partial charge in [-0.25, -0.2) is 0 Å². The van der Waals surface area contributed by atoms with E-state index in [0.717, 1.165) is 6.07 Å². The second-order valence-corrected chi connectivity index (χ2v) is 3.22. The molecule has 0 spiro atoms. The van der Waals surface area contributed by atoms with Crippen LogP contribution in [0.4, 0.5) is 26.3 Å². The van der Waals surface area contributed by atoms with Gasteiger partial charge in [0.1, 0.15) is 0 Å². The first-order valence-corrected chi connectivity index (χ1v) is 4.43. The Morgan fingerprint density at radius 1 is 0.938 bits per heavy atom. The van der Waals surface area contributed by atoms with Crippen LogP contribution in [0.2, 0.25) is 0 Å². The molecular weight excluding hydrogens is 234 g/mol. The average molecular weight is 242 g/mol. The lowest BCUT2D eigenvalue weighted by molar-refractivity contribution is -0.143. The molecule has 90 valence electrons. The van der Waals surface area contributed by atoms with Gasteiger partial charge in [-0.3, -0.25) is 0 Å². The molecule has 0 bridgehead atoms. The van der Waals surface area contributed by atoms with Gasteiger partial charge in [-0.15, -0.1) is 0 Å². The first-order chi connectivity index (χ1) is 7.16. The van der Waals surface area contributed by atoms with Gasteiger partial charge in [0.25, 0.3) is 0 Å². The van der Waals surface area contributed by atoms with Crippen LogP contribution < -0.4 is 0 Å². The fraction of sp³-hybridized carbons (Fsp3) is 0.400. The maximum atomic E-state index is 12.4. The van der Waals surface area contributed by atoms with E-state index in [0.29, 0.717) is 6.07 Å². The predicted molar refractivity (Wildman–Crippen MR) is 45.8 cm³/mol. The Hall–Kier alpha value is -1.20. The quantitative estimate of drug-likeness (QED) is 0.644. The molecule has 0 aliphatic rings. The summed E-state index contributed by atoms with van der Waals surface area (Å²) in [6.07, 6.45) is -9.48.